The number of para-hydroxylation sites is 1. The number of aryl methyl sites for hydroxylation is 1. The molecule has 0 amide bonds. The SMILES string of the molecule is N=CCCc1cccc2n[nH]nc12. The van der Waals surface area contributed by atoms with Crippen molar-refractivity contribution in [1.82, 2.24) is 15.4 Å². The zero-order valence-electron chi connectivity index (χ0n) is 7.12. The van der Waals surface area contributed by atoms with E-state index in [4.69, 9.17) is 5.41 Å². The molecule has 1 heterocycles. The van der Waals surface area contributed by atoms with Crippen molar-refractivity contribution in [2.75, 3.05) is 0 Å². The number of nitrogens with one attached hydrogen (secondary N) is 2. The van der Waals surface area contributed by atoms with Gasteiger partial charge in [0, 0.05) is 0 Å². The topological polar surface area (TPSA) is 65.4 Å². The molecule has 0 aliphatic rings. The fourth-order valence-electron chi connectivity index (χ4n) is 1.36. The van der Waals surface area contributed by atoms with E-state index in [1.807, 2.05) is 18.2 Å². The van der Waals surface area contributed by atoms with Gasteiger partial charge in [-0.3, -0.25) is 0 Å². The largest absolute Gasteiger partial charge is 0.313 e. The number of nitrogens with zero attached hydrogens (tertiary/aromatic N) is 2. The Labute approximate surface area is 75.5 Å². The van der Waals surface area contributed by atoms with Crippen molar-refractivity contribution in [3.63, 3.8) is 0 Å². The van der Waals surface area contributed by atoms with Crippen molar-refractivity contribution in [2.45, 2.75) is 12.8 Å². The van der Waals surface area contributed by atoms with Gasteiger partial charge in [0.1, 0.15) is 11.0 Å². The van der Waals surface area contributed by atoms with Crippen molar-refractivity contribution in [3.8, 4) is 0 Å². The van der Waals surface area contributed by atoms with E-state index >= 15 is 0 Å². The Kier molecular flexibility index (Phi) is 2.04. The van der Waals surface area contributed by atoms with Crippen LogP contribution in [0.15, 0.2) is 18.2 Å². The van der Waals surface area contributed by atoms with Gasteiger partial charge in [-0.25, -0.2) is 0 Å². The van der Waals surface area contributed by atoms with Gasteiger partial charge in [0.25, 0.3) is 0 Å². The lowest BCUT2D eigenvalue weighted by Crippen LogP contribution is -1.87. The number of aromatic nitrogens is 3. The maximum absolute atomic E-state index is 6.95. The van der Waals surface area contributed by atoms with E-state index in [0.717, 1.165) is 29.4 Å². The third-order valence-electron chi connectivity index (χ3n) is 1.99. The maximum atomic E-state index is 6.95. The second-order valence-electron chi connectivity index (χ2n) is 2.85. The summed E-state index contributed by atoms with van der Waals surface area (Å²) in [6, 6.07) is 5.91. The molecule has 0 aliphatic carbocycles. The lowest BCUT2D eigenvalue weighted by molar-refractivity contribution is 0.954. The molecule has 1 aromatic carbocycles. The molecule has 4 nitrogen and oxygen atoms in total. The predicted molar refractivity (Wildman–Crippen MR) is 51.0 cm³/mol. The van der Waals surface area contributed by atoms with Crippen molar-refractivity contribution >= 4 is 17.2 Å². The third kappa shape index (κ3) is 1.42. The van der Waals surface area contributed by atoms with Gasteiger partial charge in [0.15, 0.2) is 0 Å². The van der Waals surface area contributed by atoms with Crippen LogP contribution < -0.4 is 0 Å². The number of benzene rings is 1. The Morgan fingerprint density at radius 1 is 1.38 bits per heavy atom. The molecule has 0 fully saturated rings. The van der Waals surface area contributed by atoms with Crippen LogP contribution in [0.25, 0.3) is 11.0 Å². The smallest absolute Gasteiger partial charge is 0.116 e. The molecule has 0 bridgehead atoms. The van der Waals surface area contributed by atoms with Crippen LogP contribution in [0.1, 0.15) is 12.0 Å². The first-order valence-electron chi connectivity index (χ1n) is 4.19. The number of fused-ring (bicyclic) bond motifs is 1. The number of hydrogen-bond donors (Lipinski definition) is 2. The van der Waals surface area contributed by atoms with E-state index < -0.39 is 0 Å². The van der Waals surface area contributed by atoms with Crippen molar-refractivity contribution in [2.24, 2.45) is 0 Å². The van der Waals surface area contributed by atoms with Crippen molar-refractivity contribution < 1.29 is 0 Å². The van der Waals surface area contributed by atoms with Crippen LogP contribution in [-0.4, -0.2) is 21.6 Å². The van der Waals surface area contributed by atoms with Gasteiger partial charge < -0.3 is 5.41 Å². The van der Waals surface area contributed by atoms with Gasteiger partial charge in [-0.15, -0.1) is 0 Å². The summed E-state index contributed by atoms with van der Waals surface area (Å²) >= 11 is 0. The molecule has 0 saturated heterocycles. The first-order chi connectivity index (χ1) is 6.42. The highest BCUT2D eigenvalue weighted by molar-refractivity contribution is 5.77. The number of H-pyrrole nitrogens is 1. The molecule has 2 aromatic rings. The average molecular weight is 174 g/mol. The summed E-state index contributed by atoms with van der Waals surface area (Å²) in [6.07, 6.45) is 3.03. The second-order valence-corrected chi connectivity index (χ2v) is 2.85. The van der Waals surface area contributed by atoms with E-state index in [1.54, 1.807) is 0 Å². The molecule has 0 aliphatic heterocycles. The fourth-order valence-corrected chi connectivity index (χ4v) is 1.36. The molecule has 13 heavy (non-hydrogen) atoms. The fraction of sp³-hybridized carbons (Fsp3) is 0.222. The third-order valence-corrected chi connectivity index (χ3v) is 1.99. The maximum Gasteiger partial charge on any atom is 0.116 e. The average Bonchev–Trinajstić information content (AvgIpc) is 2.62. The Balaban J connectivity index is 2.42. The van der Waals surface area contributed by atoms with Crippen LogP contribution in [0.4, 0.5) is 0 Å². The minimum absolute atomic E-state index is 0.756. The summed E-state index contributed by atoms with van der Waals surface area (Å²) in [6.45, 7) is 0. The van der Waals surface area contributed by atoms with E-state index in [1.165, 1.54) is 6.21 Å². The lowest BCUT2D eigenvalue weighted by atomic mass is 10.1. The molecule has 1 aromatic heterocycles. The van der Waals surface area contributed by atoms with Crippen molar-refractivity contribution in [3.05, 3.63) is 23.8 Å². The van der Waals surface area contributed by atoms with E-state index in [2.05, 4.69) is 15.4 Å². The predicted octanol–water partition coefficient (Wildman–Crippen LogP) is 1.54. The molecule has 0 saturated carbocycles. The summed E-state index contributed by atoms with van der Waals surface area (Å²) in [4.78, 5) is 0. The number of hydrogen-bond acceptors (Lipinski definition) is 3. The quantitative estimate of drug-likeness (QED) is 0.693. The number of rotatable bonds is 3. The molecule has 0 unspecified atom stereocenters. The van der Waals surface area contributed by atoms with Gasteiger partial charge in [0.05, 0.1) is 0 Å². The lowest BCUT2D eigenvalue weighted by Gasteiger charge is -1.96. The van der Waals surface area contributed by atoms with Crippen LogP contribution >= 0.6 is 0 Å². The highest BCUT2D eigenvalue weighted by atomic mass is 15.3. The van der Waals surface area contributed by atoms with Crippen LogP contribution in [0.2, 0.25) is 0 Å². The molecular weight excluding hydrogens is 164 g/mol. The zero-order chi connectivity index (χ0) is 9.10. The van der Waals surface area contributed by atoms with Gasteiger partial charge in [-0.2, -0.15) is 15.4 Å². The molecule has 0 spiro atoms. The van der Waals surface area contributed by atoms with Crippen LogP contribution in [0.5, 0.6) is 0 Å². The molecule has 2 rings (SSSR count). The summed E-state index contributed by atoms with van der Waals surface area (Å²) in [5.74, 6) is 0. The Morgan fingerprint density at radius 3 is 3.15 bits per heavy atom. The van der Waals surface area contributed by atoms with Gasteiger partial charge in [-0.05, 0) is 30.7 Å². The number of aromatic amines is 1. The molecular formula is C9H10N4. The summed E-state index contributed by atoms with van der Waals surface area (Å²) in [5, 5.41) is 17.6. The normalized spacial score (nSPS) is 10.5. The first-order valence-corrected chi connectivity index (χ1v) is 4.19. The first kappa shape index (κ1) is 7.91. The molecule has 66 valence electrons. The Morgan fingerprint density at radius 2 is 2.31 bits per heavy atom. The minimum Gasteiger partial charge on any atom is -0.313 e. The van der Waals surface area contributed by atoms with Gasteiger partial charge >= 0.3 is 0 Å². The Hall–Kier alpha value is -1.71. The molecule has 2 N–H and O–H groups in total. The van der Waals surface area contributed by atoms with Crippen LogP contribution in [0.3, 0.4) is 0 Å². The van der Waals surface area contributed by atoms with Crippen LogP contribution in [0, 0.1) is 5.41 Å². The monoisotopic (exact) mass is 174 g/mol. The van der Waals surface area contributed by atoms with E-state index in [-0.39, 0.29) is 0 Å². The summed E-state index contributed by atoms with van der Waals surface area (Å²) < 4.78 is 0. The van der Waals surface area contributed by atoms with E-state index in [0.29, 0.717) is 0 Å². The van der Waals surface area contributed by atoms with Crippen molar-refractivity contribution in [1.29, 1.82) is 5.41 Å². The minimum atomic E-state index is 0.756. The standard InChI is InChI=1S/C9H10N4/c10-6-2-4-7-3-1-5-8-9(7)12-13-11-8/h1,3,5-6,10H,2,4H2,(H,11,12,13). The Bertz CT molecular complexity index is 418. The summed E-state index contributed by atoms with van der Waals surface area (Å²) in [5.41, 5.74) is 2.96. The second kappa shape index (κ2) is 3.35. The highest BCUT2D eigenvalue weighted by Crippen LogP contribution is 2.14. The van der Waals surface area contributed by atoms with Gasteiger partial charge in [-0.1, -0.05) is 12.1 Å². The molecule has 0 radical (unpaired) electrons. The molecule has 4 heteroatoms. The molecule has 0 atom stereocenters. The zero-order valence-corrected chi connectivity index (χ0v) is 7.12. The van der Waals surface area contributed by atoms with Crippen LogP contribution in [-0.2, 0) is 6.42 Å². The van der Waals surface area contributed by atoms with E-state index in [9.17, 15) is 0 Å². The highest BCUT2D eigenvalue weighted by Gasteiger charge is 2.02. The van der Waals surface area contributed by atoms with Gasteiger partial charge in [0.2, 0.25) is 0 Å². The summed E-state index contributed by atoms with van der Waals surface area (Å²) in [7, 11) is 0.